The van der Waals surface area contributed by atoms with Crippen LogP contribution in [0, 0.1) is 17.9 Å². The molecule has 0 saturated heterocycles. The van der Waals surface area contributed by atoms with Gasteiger partial charge in [-0.2, -0.15) is 0 Å². The molecule has 0 heterocycles. The summed E-state index contributed by atoms with van der Waals surface area (Å²) in [6, 6.07) is 0. The number of hydrogen-bond acceptors (Lipinski definition) is 0. The Hall–Kier alpha value is -0.510. The van der Waals surface area contributed by atoms with Crippen molar-refractivity contribution in [3.8, 4) is 0 Å². The molecule has 2 atom stereocenters. The largest absolute Gasteiger partial charge is 0.310 e. The van der Waals surface area contributed by atoms with E-state index in [0.717, 1.165) is 6.42 Å². The molecule has 2 unspecified atom stereocenters. The van der Waals surface area contributed by atoms with E-state index < -0.39 is 0 Å². The summed E-state index contributed by atoms with van der Waals surface area (Å²) < 4.78 is 0. The van der Waals surface area contributed by atoms with Crippen molar-refractivity contribution in [3.63, 3.8) is 0 Å². The van der Waals surface area contributed by atoms with Crippen LogP contribution < -0.4 is 0 Å². The van der Waals surface area contributed by atoms with Gasteiger partial charge in [0.05, 0.1) is 0 Å². The summed E-state index contributed by atoms with van der Waals surface area (Å²) in [4.78, 5) is 3.81. The summed E-state index contributed by atoms with van der Waals surface area (Å²) in [6.07, 6.45) is 2.29. The Morgan fingerprint density at radius 1 is 1.55 bits per heavy atom. The van der Waals surface area contributed by atoms with Gasteiger partial charge < -0.3 is 4.85 Å². The maximum atomic E-state index is 7.18. The lowest BCUT2D eigenvalue weighted by molar-refractivity contribution is 0.318. The molecule has 62 valence electrons. The second-order valence-corrected chi connectivity index (χ2v) is 4.60. The van der Waals surface area contributed by atoms with E-state index in [-0.39, 0.29) is 11.0 Å². The van der Waals surface area contributed by atoms with Crippen molar-refractivity contribution in [2.24, 2.45) is 11.3 Å². The van der Waals surface area contributed by atoms with E-state index in [1.165, 1.54) is 6.42 Å². The SMILES string of the molecule is [C-]#[N+]C1(C(C)(C)C)CC1CC. The Balaban J connectivity index is 2.77. The summed E-state index contributed by atoms with van der Waals surface area (Å²) in [5.41, 5.74) is 0.164. The molecule has 1 saturated carbocycles. The van der Waals surface area contributed by atoms with Crippen LogP contribution in [0.15, 0.2) is 0 Å². The zero-order valence-corrected chi connectivity index (χ0v) is 7.94. The van der Waals surface area contributed by atoms with Crippen molar-refractivity contribution in [1.82, 2.24) is 0 Å². The third-order valence-corrected chi connectivity index (χ3v) is 3.06. The molecular formula is C10H17N. The molecular weight excluding hydrogens is 134 g/mol. The van der Waals surface area contributed by atoms with Gasteiger partial charge in [-0.25, -0.2) is 6.57 Å². The van der Waals surface area contributed by atoms with Crippen molar-refractivity contribution in [3.05, 3.63) is 11.4 Å². The molecule has 0 aromatic heterocycles. The fourth-order valence-electron chi connectivity index (χ4n) is 2.02. The predicted octanol–water partition coefficient (Wildman–Crippen LogP) is 3.12. The first-order valence-electron chi connectivity index (χ1n) is 4.36. The molecule has 0 radical (unpaired) electrons. The summed E-state index contributed by atoms with van der Waals surface area (Å²) >= 11 is 0. The van der Waals surface area contributed by atoms with E-state index in [4.69, 9.17) is 6.57 Å². The lowest BCUT2D eigenvalue weighted by atomic mass is 9.83. The topological polar surface area (TPSA) is 4.36 Å². The average molecular weight is 151 g/mol. The lowest BCUT2D eigenvalue weighted by Crippen LogP contribution is -2.27. The Morgan fingerprint density at radius 3 is 2.18 bits per heavy atom. The summed E-state index contributed by atoms with van der Waals surface area (Å²) in [7, 11) is 0. The number of rotatable bonds is 1. The molecule has 0 aliphatic heterocycles. The lowest BCUT2D eigenvalue weighted by Gasteiger charge is -2.21. The van der Waals surface area contributed by atoms with Gasteiger partial charge in [0, 0.05) is 17.8 Å². The highest BCUT2D eigenvalue weighted by Crippen LogP contribution is 2.59. The molecule has 0 spiro atoms. The first-order valence-corrected chi connectivity index (χ1v) is 4.36. The van der Waals surface area contributed by atoms with Gasteiger partial charge in [0.1, 0.15) is 0 Å². The van der Waals surface area contributed by atoms with Gasteiger partial charge in [-0.15, -0.1) is 0 Å². The second-order valence-electron chi connectivity index (χ2n) is 4.60. The van der Waals surface area contributed by atoms with E-state index in [9.17, 15) is 0 Å². The first-order chi connectivity index (χ1) is 4.98. The predicted molar refractivity (Wildman–Crippen MR) is 47.2 cm³/mol. The highest BCUT2D eigenvalue weighted by atomic mass is 14.9. The molecule has 1 rings (SSSR count). The van der Waals surface area contributed by atoms with Crippen LogP contribution in [0.25, 0.3) is 4.85 Å². The van der Waals surface area contributed by atoms with Gasteiger partial charge in [-0.05, 0) is 6.42 Å². The molecule has 0 N–H and O–H groups in total. The van der Waals surface area contributed by atoms with Gasteiger partial charge in [0.25, 0.3) is 0 Å². The van der Waals surface area contributed by atoms with Crippen LogP contribution >= 0.6 is 0 Å². The van der Waals surface area contributed by atoms with Crippen molar-refractivity contribution in [1.29, 1.82) is 0 Å². The van der Waals surface area contributed by atoms with Crippen molar-refractivity contribution < 1.29 is 0 Å². The quantitative estimate of drug-likeness (QED) is 0.507. The smallest absolute Gasteiger partial charge is 0.240 e. The molecule has 1 aliphatic carbocycles. The van der Waals surface area contributed by atoms with Crippen LogP contribution in [0.5, 0.6) is 0 Å². The van der Waals surface area contributed by atoms with Gasteiger partial charge in [0.15, 0.2) is 0 Å². The summed E-state index contributed by atoms with van der Waals surface area (Å²) in [5.74, 6) is 0.667. The van der Waals surface area contributed by atoms with Gasteiger partial charge in [0.2, 0.25) is 5.54 Å². The van der Waals surface area contributed by atoms with Crippen molar-refractivity contribution >= 4 is 0 Å². The minimum atomic E-state index is -0.0122. The van der Waals surface area contributed by atoms with Crippen LogP contribution in [0.2, 0.25) is 0 Å². The third-order valence-electron chi connectivity index (χ3n) is 3.06. The highest BCUT2D eigenvalue weighted by Gasteiger charge is 2.67. The van der Waals surface area contributed by atoms with E-state index in [1.807, 2.05) is 0 Å². The Labute approximate surface area is 69.6 Å². The van der Waals surface area contributed by atoms with Gasteiger partial charge >= 0.3 is 0 Å². The molecule has 0 bridgehead atoms. The first kappa shape index (κ1) is 8.59. The van der Waals surface area contributed by atoms with E-state index in [2.05, 4.69) is 32.5 Å². The summed E-state index contributed by atoms with van der Waals surface area (Å²) in [5, 5.41) is 0. The molecule has 1 heteroatoms. The zero-order valence-electron chi connectivity index (χ0n) is 7.94. The average Bonchev–Trinajstić information content (AvgIpc) is 2.60. The molecule has 0 aromatic rings. The van der Waals surface area contributed by atoms with Crippen LogP contribution in [0.3, 0.4) is 0 Å². The van der Waals surface area contributed by atoms with Gasteiger partial charge in [-0.1, -0.05) is 27.7 Å². The minimum Gasteiger partial charge on any atom is -0.310 e. The van der Waals surface area contributed by atoms with Crippen LogP contribution in [-0.4, -0.2) is 5.54 Å². The highest BCUT2D eigenvalue weighted by molar-refractivity contribution is 5.23. The molecule has 11 heavy (non-hydrogen) atoms. The second kappa shape index (κ2) is 2.24. The standard InChI is InChI=1S/C10H17N/c1-6-8-7-10(8,11-5)9(2,3)4/h8H,6-7H2,1-4H3. The third kappa shape index (κ3) is 1.05. The van der Waals surface area contributed by atoms with Crippen LogP contribution in [0.4, 0.5) is 0 Å². The van der Waals surface area contributed by atoms with Crippen LogP contribution in [0.1, 0.15) is 40.5 Å². The monoisotopic (exact) mass is 151 g/mol. The number of nitrogens with zero attached hydrogens (tertiary/aromatic N) is 1. The Kier molecular flexibility index (Phi) is 1.75. The van der Waals surface area contributed by atoms with Gasteiger partial charge in [-0.3, -0.25) is 0 Å². The minimum absolute atomic E-state index is 0.0122. The fraction of sp³-hybridized carbons (Fsp3) is 0.900. The summed E-state index contributed by atoms with van der Waals surface area (Å²) in [6.45, 7) is 15.9. The molecule has 1 nitrogen and oxygen atoms in total. The molecule has 1 fully saturated rings. The van der Waals surface area contributed by atoms with E-state index >= 15 is 0 Å². The Morgan fingerprint density at radius 2 is 2.09 bits per heavy atom. The number of hydrogen-bond donors (Lipinski definition) is 0. The molecule has 0 aromatic carbocycles. The molecule has 0 amide bonds. The maximum absolute atomic E-state index is 7.18. The van der Waals surface area contributed by atoms with Crippen LogP contribution in [-0.2, 0) is 0 Å². The van der Waals surface area contributed by atoms with E-state index in [0.29, 0.717) is 5.92 Å². The zero-order chi connectivity index (χ0) is 8.70. The van der Waals surface area contributed by atoms with Crippen molar-refractivity contribution in [2.45, 2.75) is 46.1 Å². The maximum Gasteiger partial charge on any atom is 0.240 e. The van der Waals surface area contributed by atoms with E-state index in [1.54, 1.807) is 0 Å². The molecule has 1 aliphatic rings. The Bertz CT molecular complexity index is 194. The normalized spacial score (nSPS) is 36.5. The van der Waals surface area contributed by atoms with Crippen molar-refractivity contribution in [2.75, 3.05) is 0 Å². The fourth-order valence-corrected chi connectivity index (χ4v) is 2.02.